The predicted octanol–water partition coefficient (Wildman–Crippen LogP) is 4.48. The summed E-state index contributed by atoms with van der Waals surface area (Å²) >= 11 is 6.11. The van der Waals surface area contributed by atoms with Crippen molar-refractivity contribution in [3.8, 4) is 17.3 Å². The Morgan fingerprint density at radius 3 is 2.44 bits per heavy atom. The summed E-state index contributed by atoms with van der Waals surface area (Å²) in [5.74, 6) is 0.0315. The molecule has 1 aliphatic carbocycles. The number of hydrogen-bond donors (Lipinski definition) is 0. The van der Waals surface area contributed by atoms with Crippen LogP contribution in [0.2, 0.25) is 5.02 Å². The maximum absolute atomic E-state index is 14.8. The Hall–Kier alpha value is -2.08. The van der Waals surface area contributed by atoms with Crippen molar-refractivity contribution in [2.24, 2.45) is 0 Å². The Morgan fingerprint density at radius 1 is 1.11 bits per heavy atom. The van der Waals surface area contributed by atoms with Crippen molar-refractivity contribution in [3.63, 3.8) is 0 Å². The van der Waals surface area contributed by atoms with Crippen LogP contribution in [-0.2, 0) is 12.8 Å². The van der Waals surface area contributed by atoms with Crippen LogP contribution in [0.5, 0.6) is 11.6 Å². The number of hydrogen-bond acceptors (Lipinski definition) is 4. The highest BCUT2D eigenvalue weighted by Gasteiger charge is 2.25. The first kappa shape index (κ1) is 19.7. The molecule has 0 N–H and O–H groups in total. The average Bonchev–Trinajstić information content (AvgIpc) is 2.57. The highest BCUT2D eigenvalue weighted by Crippen LogP contribution is 2.34. The molecule has 0 fully saturated rings. The summed E-state index contributed by atoms with van der Waals surface area (Å²) in [5, 5.41) is 0.148. The van der Waals surface area contributed by atoms with Crippen molar-refractivity contribution in [2.45, 2.75) is 65.6 Å². The van der Waals surface area contributed by atoms with Gasteiger partial charge < -0.3 is 9.47 Å². The third-order valence-corrected chi connectivity index (χ3v) is 4.57. The Morgan fingerprint density at radius 2 is 1.78 bits per heavy atom. The van der Waals surface area contributed by atoms with Crippen LogP contribution in [0.1, 0.15) is 51.8 Å². The van der Waals surface area contributed by atoms with E-state index in [1.165, 1.54) is 10.6 Å². The molecule has 0 bridgehead atoms. The third-order valence-electron chi connectivity index (χ3n) is 4.27. The lowest BCUT2D eigenvalue weighted by molar-refractivity contribution is 0.220. The van der Waals surface area contributed by atoms with E-state index in [0.29, 0.717) is 11.6 Å². The van der Waals surface area contributed by atoms with Crippen molar-refractivity contribution in [3.05, 3.63) is 44.7 Å². The minimum absolute atomic E-state index is 0.0246. The molecule has 0 atom stereocenters. The molecule has 27 heavy (non-hydrogen) atoms. The zero-order valence-corrected chi connectivity index (χ0v) is 16.8. The van der Waals surface area contributed by atoms with Gasteiger partial charge in [-0.1, -0.05) is 11.6 Å². The number of benzene rings is 1. The van der Waals surface area contributed by atoms with Crippen molar-refractivity contribution >= 4 is 11.6 Å². The molecule has 0 spiro atoms. The molecular formula is C20H24ClFN2O3. The van der Waals surface area contributed by atoms with Gasteiger partial charge in [-0.3, -0.25) is 0 Å². The highest BCUT2D eigenvalue weighted by molar-refractivity contribution is 6.32. The Labute approximate surface area is 163 Å². The van der Waals surface area contributed by atoms with Gasteiger partial charge in [-0.2, -0.15) is 4.98 Å². The molecule has 2 aromatic rings. The number of ether oxygens (including phenoxy) is 2. The number of nitrogens with zero attached hydrogens (tertiary/aromatic N) is 2. The van der Waals surface area contributed by atoms with Crippen LogP contribution in [0.15, 0.2) is 16.9 Å². The second-order valence-electron chi connectivity index (χ2n) is 7.23. The molecule has 1 aromatic carbocycles. The standard InChI is InChI=1S/C20H24ClFN2O3/c1-11(2)26-18-10-17(15(22)9-14(18)21)24-19(27-12(3)4)13-7-5-6-8-16(13)23-20(24)25/h9-12H,5-8H2,1-4H3. The molecule has 1 aliphatic rings. The molecular weight excluding hydrogens is 371 g/mol. The minimum atomic E-state index is -0.635. The maximum Gasteiger partial charge on any atom is 0.355 e. The smallest absolute Gasteiger partial charge is 0.355 e. The first-order valence-electron chi connectivity index (χ1n) is 9.25. The molecule has 0 amide bonds. The fourth-order valence-corrected chi connectivity index (χ4v) is 3.42. The van der Waals surface area contributed by atoms with E-state index in [2.05, 4.69) is 4.98 Å². The summed E-state index contributed by atoms with van der Waals surface area (Å²) < 4.78 is 27.6. The number of fused-ring (bicyclic) bond motifs is 1. The van der Waals surface area contributed by atoms with Crippen LogP contribution in [-0.4, -0.2) is 21.8 Å². The van der Waals surface area contributed by atoms with Crippen molar-refractivity contribution in [2.75, 3.05) is 0 Å². The van der Waals surface area contributed by atoms with E-state index in [4.69, 9.17) is 21.1 Å². The number of halogens is 2. The highest BCUT2D eigenvalue weighted by atomic mass is 35.5. The van der Waals surface area contributed by atoms with E-state index in [0.717, 1.165) is 43.0 Å². The molecule has 7 heteroatoms. The van der Waals surface area contributed by atoms with Gasteiger partial charge in [0, 0.05) is 11.6 Å². The van der Waals surface area contributed by atoms with Gasteiger partial charge in [-0.05, 0) is 59.4 Å². The SMILES string of the molecule is CC(C)Oc1cc(-n2c(OC(C)C)c3c(nc2=O)CCCC3)c(F)cc1Cl. The van der Waals surface area contributed by atoms with Crippen molar-refractivity contribution < 1.29 is 13.9 Å². The molecule has 1 aromatic heterocycles. The zero-order valence-electron chi connectivity index (χ0n) is 16.0. The van der Waals surface area contributed by atoms with Crippen LogP contribution < -0.4 is 15.2 Å². The molecule has 0 saturated heterocycles. The topological polar surface area (TPSA) is 53.4 Å². The van der Waals surface area contributed by atoms with Crippen molar-refractivity contribution in [1.82, 2.24) is 9.55 Å². The molecule has 1 heterocycles. The number of rotatable bonds is 5. The first-order chi connectivity index (χ1) is 12.8. The quantitative estimate of drug-likeness (QED) is 0.750. The lowest BCUT2D eigenvalue weighted by Gasteiger charge is -2.24. The molecule has 0 saturated carbocycles. The van der Waals surface area contributed by atoms with Gasteiger partial charge in [0.05, 0.1) is 28.6 Å². The average molecular weight is 395 g/mol. The monoisotopic (exact) mass is 394 g/mol. The molecule has 3 rings (SSSR count). The van der Waals surface area contributed by atoms with Crippen LogP contribution >= 0.6 is 11.6 Å². The molecule has 0 radical (unpaired) electrons. The fourth-order valence-electron chi connectivity index (χ4n) is 3.22. The summed E-state index contributed by atoms with van der Waals surface area (Å²) in [6.45, 7) is 7.44. The van der Waals surface area contributed by atoms with Crippen LogP contribution in [0.3, 0.4) is 0 Å². The largest absolute Gasteiger partial charge is 0.489 e. The minimum Gasteiger partial charge on any atom is -0.489 e. The maximum atomic E-state index is 14.8. The second kappa shape index (κ2) is 7.89. The summed E-state index contributed by atoms with van der Waals surface area (Å²) in [6, 6.07) is 2.59. The third kappa shape index (κ3) is 4.10. The van der Waals surface area contributed by atoms with Crippen molar-refractivity contribution in [1.29, 1.82) is 0 Å². The Bertz CT molecular complexity index is 909. The van der Waals surface area contributed by atoms with E-state index in [-0.39, 0.29) is 22.9 Å². The van der Waals surface area contributed by atoms with Gasteiger partial charge >= 0.3 is 5.69 Å². The normalized spacial score (nSPS) is 13.8. The lowest BCUT2D eigenvalue weighted by Crippen LogP contribution is -2.30. The Balaban J connectivity index is 2.26. The van der Waals surface area contributed by atoms with Gasteiger partial charge in [0.1, 0.15) is 11.6 Å². The lowest BCUT2D eigenvalue weighted by atomic mass is 9.96. The van der Waals surface area contributed by atoms with E-state index < -0.39 is 11.5 Å². The number of aromatic nitrogens is 2. The van der Waals surface area contributed by atoms with Gasteiger partial charge in [0.15, 0.2) is 0 Å². The van der Waals surface area contributed by atoms with Gasteiger partial charge in [-0.25, -0.2) is 13.8 Å². The van der Waals surface area contributed by atoms with E-state index >= 15 is 0 Å². The Kier molecular flexibility index (Phi) is 5.75. The fraction of sp³-hybridized carbons (Fsp3) is 0.500. The predicted molar refractivity (Wildman–Crippen MR) is 103 cm³/mol. The molecule has 146 valence electrons. The summed E-state index contributed by atoms with van der Waals surface area (Å²) in [4.78, 5) is 17.0. The van der Waals surface area contributed by atoms with E-state index in [1.807, 2.05) is 27.7 Å². The van der Waals surface area contributed by atoms with E-state index in [1.54, 1.807) is 0 Å². The summed E-state index contributed by atoms with van der Waals surface area (Å²) in [5.41, 5.74) is 1.07. The van der Waals surface area contributed by atoms with Crippen LogP contribution in [0.25, 0.3) is 5.69 Å². The van der Waals surface area contributed by atoms with Crippen LogP contribution in [0.4, 0.5) is 4.39 Å². The second-order valence-corrected chi connectivity index (χ2v) is 7.64. The molecule has 0 unspecified atom stereocenters. The molecule has 5 nitrogen and oxygen atoms in total. The first-order valence-corrected chi connectivity index (χ1v) is 9.63. The molecule has 0 aliphatic heterocycles. The summed E-state index contributed by atoms with van der Waals surface area (Å²) in [7, 11) is 0. The van der Waals surface area contributed by atoms with Gasteiger partial charge in [0.2, 0.25) is 5.88 Å². The van der Waals surface area contributed by atoms with Gasteiger partial charge in [-0.15, -0.1) is 0 Å². The zero-order chi connectivity index (χ0) is 19.7. The van der Waals surface area contributed by atoms with E-state index in [9.17, 15) is 9.18 Å². The number of aryl methyl sites for hydroxylation is 1. The van der Waals surface area contributed by atoms with Crippen LogP contribution in [0, 0.1) is 5.82 Å². The van der Waals surface area contributed by atoms with Gasteiger partial charge in [0.25, 0.3) is 0 Å². The summed E-state index contributed by atoms with van der Waals surface area (Å²) in [6.07, 6.45) is 3.11.